The molecule has 0 saturated heterocycles. The molecule has 0 N–H and O–H groups in total. The molecule has 316 valence electrons. The minimum atomic E-state index is -0.404. The Hall–Kier alpha value is -7.74. The van der Waals surface area contributed by atoms with Gasteiger partial charge in [0.15, 0.2) is 0 Å². The molecule has 1 saturated carbocycles. The van der Waals surface area contributed by atoms with Crippen molar-refractivity contribution in [1.82, 2.24) is 0 Å². The minimum Gasteiger partial charge on any atom is -0.310 e. The van der Waals surface area contributed by atoms with Crippen LogP contribution in [-0.4, -0.2) is 0 Å². The molecule has 0 heterocycles. The third-order valence-electron chi connectivity index (χ3n) is 16.7. The standard InChI is InChI=1S/C66H47N/c1-65(2)56-22-10-6-18-47(56)49-36-33-44(37-60(49)65)67(62-26-13-9-17-45(62)40-15-4-3-5-16-40)43-31-27-41(28-32-43)46-21-14-25-59-64(46)52-20-8-12-24-58(52)66(59)57-23-11-7-19-48(57)54-38-53-42-29-34-50-51(35-30-42)63(50)55(53)39-61(54)66/h3-39,42,50-51,63H,1-2H3. The number of hydrogen-bond acceptors (Lipinski definition) is 1. The van der Waals surface area contributed by atoms with Crippen LogP contribution in [0.3, 0.4) is 0 Å². The van der Waals surface area contributed by atoms with Crippen molar-refractivity contribution in [3.8, 4) is 55.6 Å². The highest BCUT2D eigenvalue weighted by Gasteiger charge is 2.56. The van der Waals surface area contributed by atoms with Gasteiger partial charge in [0.25, 0.3) is 0 Å². The maximum Gasteiger partial charge on any atom is 0.0725 e. The fourth-order valence-corrected chi connectivity index (χ4v) is 13.7. The predicted molar refractivity (Wildman–Crippen MR) is 277 cm³/mol. The van der Waals surface area contributed by atoms with E-state index >= 15 is 0 Å². The molecule has 3 unspecified atom stereocenters. The number of anilines is 3. The first kappa shape index (κ1) is 37.5. The first-order valence-electron chi connectivity index (χ1n) is 24.2. The summed E-state index contributed by atoms with van der Waals surface area (Å²) < 4.78 is 0. The van der Waals surface area contributed by atoms with Gasteiger partial charge in [0.1, 0.15) is 0 Å². The van der Waals surface area contributed by atoms with E-state index < -0.39 is 5.41 Å². The van der Waals surface area contributed by atoms with Gasteiger partial charge in [0.2, 0.25) is 0 Å². The molecule has 1 fully saturated rings. The van der Waals surface area contributed by atoms with E-state index in [0.29, 0.717) is 23.7 Å². The third-order valence-corrected chi connectivity index (χ3v) is 16.7. The number of benzene rings is 9. The monoisotopic (exact) mass is 853 g/mol. The smallest absolute Gasteiger partial charge is 0.0725 e. The summed E-state index contributed by atoms with van der Waals surface area (Å²) in [5.74, 6) is 2.15. The summed E-state index contributed by atoms with van der Waals surface area (Å²) in [6.07, 6.45) is 9.97. The molecule has 0 radical (unpaired) electrons. The number of rotatable bonds is 5. The zero-order chi connectivity index (χ0) is 44.2. The molecule has 0 aromatic heterocycles. The van der Waals surface area contributed by atoms with Crippen molar-refractivity contribution in [2.24, 2.45) is 11.8 Å². The summed E-state index contributed by atoms with van der Waals surface area (Å²) in [4.78, 5) is 2.47. The van der Waals surface area contributed by atoms with Crippen molar-refractivity contribution in [1.29, 1.82) is 0 Å². The lowest BCUT2D eigenvalue weighted by Crippen LogP contribution is -2.26. The predicted octanol–water partition coefficient (Wildman–Crippen LogP) is 16.7. The van der Waals surface area contributed by atoms with Crippen LogP contribution in [0.4, 0.5) is 17.1 Å². The van der Waals surface area contributed by atoms with Gasteiger partial charge in [0.05, 0.1) is 11.1 Å². The average Bonchev–Trinajstić information content (AvgIpc) is 3.98. The molecule has 0 aliphatic heterocycles. The number of nitrogens with zero attached hydrogens (tertiary/aromatic N) is 1. The van der Waals surface area contributed by atoms with E-state index in [1.54, 1.807) is 5.56 Å². The summed E-state index contributed by atoms with van der Waals surface area (Å²) in [6, 6.07) is 76.1. The van der Waals surface area contributed by atoms with Crippen LogP contribution in [0.25, 0.3) is 55.6 Å². The Bertz CT molecular complexity index is 3620. The van der Waals surface area contributed by atoms with Crippen LogP contribution in [0, 0.1) is 11.8 Å². The molecule has 3 atom stereocenters. The average molecular weight is 854 g/mol. The fourth-order valence-electron chi connectivity index (χ4n) is 13.7. The topological polar surface area (TPSA) is 3.24 Å². The summed E-state index contributed by atoms with van der Waals surface area (Å²) >= 11 is 0. The number of allylic oxidation sites excluding steroid dienone is 4. The Kier molecular flexibility index (Phi) is 7.51. The van der Waals surface area contributed by atoms with Gasteiger partial charge in [-0.2, -0.15) is 0 Å². The maximum absolute atomic E-state index is 2.67. The van der Waals surface area contributed by atoms with Gasteiger partial charge in [-0.1, -0.05) is 202 Å². The summed E-state index contributed by atoms with van der Waals surface area (Å²) in [5.41, 5.74) is 27.4. The van der Waals surface area contributed by atoms with Crippen LogP contribution in [0.2, 0.25) is 0 Å². The van der Waals surface area contributed by atoms with Crippen LogP contribution < -0.4 is 4.90 Å². The lowest BCUT2D eigenvalue weighted by atomic mass is 9.69. The second-order valence-corrected chi connectivity index (χ2v) is 20.2. The Labute approximate surface area is 393 Å². The molecule has 67 heavy (non-hydrogen) atoms. The Morgan fingerprint density at radius 1 is 0.358 bits per heavy atom. The van der Waals surface area contributed by atoms with Gasteiger partial charge in [-0.25, -0.2) is 0 Å². The Morgan fingerprint density at radius 3 is 1.69 bits per heavy atom. The van der Waals surface area contributed by atoms with E-state index in [-0.39, 0.29) is 5.41 Å². The van der Waals surface area contributed by atoms with Crippen molar-refractivity contribution in [3.63, 3.8) is 0 Å². The lowest BCUT2D eigenvalue weighted by molar-refractivity contribution is 0.660. The molecular formula is C66H47N. The number of para-hydroxylation sites is 1. The fraction of sp³-hybridized carbons (Fsp3) is 0.121. The Balaban J connectivity index is 0.903. The highest BCUT2D eigenvalue weighted by atomic mass is 15.1. The molecule has 7 aliphatic rings. The molecule has 9 aromatic rings. The third kappa shape index (κ3) is 4.94. The first-order valence-corrected chi connectivity index (χ1v) is 24.2. The first-order chi connectivity index (χ1) is 33.0. The molecule has 1 heteroatoms. The van der Waals surface area contributed by atoms with Gasteiger partial charge in [0, 0.05) is 28.3 Å². The minimum absolute atomic E-state index is 0.120. The van der Waals surface area contributed by atoms with E-state index in [9.17, 15) is 0 Å². The van der Waals surface area contributed by atoms with E-state index in [4.69, 9.17) is 0 Å². The second kappa shape index (κ2) is 13.4. The van der Waals surface area contributed by atoms with Gasteiger partial charge in [-0.3, -0.25) is 0 Å². The van der Waals surface area contributed by atoms with E-state index in [1.165, 1.54) is 94.6 Å². The van der Waals surface area contributed by atoms with Gasteiger partial charge in [-0.15, -0.1) is 0 Å². The van der Waals surface area contributed by atoms with E-state index in [2.05, 4.69) is 243 Å². The van der Waals surface area contributed by atoms with Gasteiger partial charge < -0.3 is 4.90 Å². The molecule has 9 aromatic carbocycles. The SMILES string of the molecule is CC1(C)c2ccccc2-c2ccc(N(c3ccc(-c4cccc5c4-c4ccccc4C54c5ccccc5-c5cc6c(cc54)C4C5C=CC6C=CC54)cc3)c3ccccc3-c3ccccc3)cc21. The van der Waals surface area contributed by atoms with Gasteiger partial charge in [-0.05, 0) is 149 Å². The van der Waals surface area contributed by atoms with Crippen LogP contribution in [0.15, 0.2) is 224 Å². The lowest BCUT2D eigenvalue weighted by Gasteiger charge is -2.31. The van der Waals surface area contributed by atoms with Crippen molar-refractivity contribution in [3.05, 3.63) is 269 Å². The highest BCUT2D eigenvalue weighted by molar-refractivity contribution is 6.01. The zero-order valence-corrected chi connectivity index (χ0v) is 37.6. The van der Waals surface area contributed by atoms with Crippen molar-refractivity contribution >= 4 is 17.1 Å². The zero-order valence-electron chi connectivity index (χ0n) is 37.6. The van der Waals surface area contributed by atoms with E-state index in [1.807, 2.05) is 0 Å². The molecule has 7 aliphatic carbocycles. The number of hydrogen-bond donors (Lipinski definition) is 0. The molecule has 16 rings (SSSR count). The molecular weight excluding hydrogens is 807 g/mol. The Morgan fingerprint density at radius 2 is 0.925 bits per heavy atom. The maximum atomic E-state index is 2.67. The molecule has 4 bridgehead atoms. The van der Waals surface area contributed by atoms with Crippen LogP contribution >= 0.6 is 0 Å². The molecule has 0 amide bonds. The van der Waals surface area contributed by atoms with Crippen LogP contribution in [0.5, 0.6) is 0 Å². The summed E-state index contributed by atoms with van der Waals surface area (Å²) in [7, 11) is 0. The summed E-state index contributed by atoms with van der Waals surface area (Å²) in [5, 5.41) is 0. The van der Waals surface area contributed by atoms with Crippen molar-refractivity contribution < 1.29 is 0 Å². The molecule has 1 nitrogen and oxygen atoms in total. The quantitative estimate of drug-likeness (QED) is 0.156. The summed E-state index contributed by atoms with van der Waals surface area (Å²) in [6.45, 7) is 4.75. The van der Waals surface area contributed by atoms with Crippen LogP contribution in [-0.2, 0) is 10.8 Å². The highest BCUT2D eigenvalue weighted by Crippen LogP contribution is 2.67. The van der Waals surface area contributed by atoms with Gasteiger partial charge >= 0.3 is 0 Å². The van der Waals surface area contributed by atoms with Crippen molar-refractivity contribution in [2.45, 2.75) is 36.5 Å². The largest absolute Gasteiger partial charge is 0.310 e. The van der Waals surface area contributed by atoms with Crippen LogP contribution in [0.1, 0.15) is 70.2 Å². The molecule has 1 spiro atoms. The van der Waals surface area contributed by atoms with E-state index in [0.717, 1.165) is 17.1 Å². The number of fused-ring (bicyclic) bond motifs is 13. The second-order valence-electron chi connectivity index (χ2n) is 20.2. The normalized spacial score (nSPS) is 21.6. The van der Waals surface area contributed by atoms with Crippen molar-refractivity contribution in [2.75, 3.05) is 4.90 Å².